The summed E-state index contributed by atoms with van der Waals surface area (Å²) in [6.45, 7) is 1.42. The molecule has 18 heavy (non-hydrogen) atoms. The molecule has 0 unspecified atom stereocenters. The van der Waals surface area contributed by atoms with E-state index in [9.17, 15) is 26.8 Å². The molecule has 1 aliphatic rings. The topological polar surface area (TPSA) is 60.4 Å². The molecule has 1 fully saturated rings. The minimum Gasteiger partial charge on any atom is -0.772 e. The van der Waals surface area contributed by atoms with Gasteiger partial charge in [0.05, 0.1) is 18.5 Å². The molecule has 9 heteroatoms. The van der Waals surface area contributed by atoms with Gasteiger partial charge < -0.3 is 5.21 Å². The minimum atomic E-state index is -5.71. The predicted octanol–water partition coefficient (Wildman–Crippen LogP) is 2.47. The van der Waals surface area contributed by atoms with Crippen molar-refractivity contribution in [3.05, 3.63) is 5.21 Å². The van der Waals surface area contributed by atoms with E-state index in [1.54, 1.807) is 0 Å². The van der Waals surface area contributed by atoms with E-state index in [2.05, 4.69) is 0 Å². The second-order valence-electron chi connectivity index (χ2n) is 4.83. The molecule has 1 aliphatic heterocycles. The lowest BCUT2D eigenvalue weighted by Gasteiger charge is -2.32. The highest BCUT2D eigenvalue weighted by Gasteiger charge is 2.47. The van der Waals surface area contributed by atoms with Crippen LogP contribution in [0.2, 0.25) is 0 Å². The lowest BCUT2D eigenvalue weighted by atomic mass is 10.3. The fourth-order valence-corrected chi connectivity index (χ4v) is 6.07. The van der Waals surface area contributed by atoms with Gasteiger partial charge in [0.15, 0.2) is 0 Å². The maximum absolute atomic E-state index is 12.1. The smallest absolute Gasteiger partial charge is 0.510 e. The van der Waals surface area contributed by atoms with Crippen LogP contribution in [0.5, 0.6) is 0 Å². The van der Waals surface area contributed by atoms with Crippen LogP contribution in [0.25, 0.3) is 0 Å². The average molecular weight is 307 g/mol. The number of halogens is 3. The van der Waals surface area contributed by atoms with Crippen molar-refractivity contribution in [3.63, 3.8) is 0 Å². The Morgan fingerprint density at radius 3 is 2.17 bits per heavy atom. The Morgan fingerprint density at radius 2 is 1.72 bits per heavy atom. The summed E-state index contributed by atoms with van der Waals surface area (Å²) in [4.78, 5) is 0. The van der Waals surface area contributed by atoms with E-state index in [-0.39, 0.29) is 6.16 Å². The normalized spacial score (nSPS) is 21.2. The Hall–Kier alpha value is 0.0900. The van der Waals surface area contributed by atoms with Gasteiger partial charge in [-0.1, -0.05) is 0 Å². The van der Waals surface area contributed by atoms with Gasteiger partial charge in [-0.2, -0.15) is 13.2 Å². The van der Waals surface area contributed by atoms with Gasteiger partial charge >= 0.3 is 15.5 Å². The van der Waals surface area contributed by atoms with Crippen molar-refractivity contribution < 1.29 is 21.6 Å². The van der Waals surface area contributed by atoms with Gasteiger partial charge in [0, 0.05) is 20.5 Å². The van der Waals surface area contributed by atoms with E-state index in [1.807, 2.05) is 6.66 Å². The second kappa shape index (κ2) is 5.61. The third kappa shape index (κ3) is 3.79. The van der Waals surface area contributed by atoms with Crippen molar-refractivity contribution in [1.29, 1.82) is 0 Å². The van der Waals surface area contributed by atoms with Crippen LogP contribution in [0.3, 0.4) is 0 Å². The van der Waals surface area contributed by atoms with Crippen LogP contribution >= 0.6 is 7.26 Å². The maximum Gasteiger partial charge on any atom is 0.510 e. The van der Waals surface area contributed by atoms with Gasteiger partial charge in [-0.3, -0.25) is 4.47 Å². The van der Waals surface area contributed by atoms with Crippen LogP contribution in [0.4, 0.5) is 13.2 Å². The molecule has 0 radical (unpaired) electrons. The van der Waals surface area contributed by atoms with Crippen LogP contribution < -0.4 is 0 Å². The van der Waals surface area contributed by atoms with E-state index in [0.29, 0.717) is 0 Å². The summed E-state index contributed by atoms with van der Waals surface area (Å²) in [5.74, 6) is 0. The number of sulfonamides is 1. The third-order valence-corrected chi connectivity index (χ3v) is 8.65. The van der Waals surface area contributed by atoms with Gasteiger partial charge in [0.1, 0.15) is 0 Å². The standard InChI is InChI=1S/C9H17F3NO3PS/c1-17(6-3-2-4-7-17)8-5-13(14)18(15,16)9(10,11)12/h2-8H2,1H3. The molecule has 4 nitrogen and oxygen atoms in total. The number of hydroxylamine groups is 1. The van der Waals surface area contributed by atoms with Crippen molar-refractivity contribution in [2.45, 2.75) is 24.8 Å². The van der Waals surface area contributed by atoms with Gasteiger partial charge in [-0.25, -0.2) is 8.42 Å². The largest absolute Gasteiger partial charge is 0.772 e. The molecule has 0 aromatic heterocycles. The fourth-order valence-electron chi connectivity index (χ4n) is 2.06. The first-order valence-electron chi connectivity index (χ1n) is 5.68. The number of nitrogens with zero attached hydrogens (tertiary/aromatic N) is 1. The van der Waals surface area contributed by atoms with Gasteiger partial charge in [0.2, 0.25) is 0 Å². The predicted molar refractivity (Wildman–Crippen MR) is 66.3 cm³/mol. The summed E-state index contributed by atoms with van der Waals surface area (Å²) in [6, 6.07) is 0. The quantitative estimate of drug-likeness (QED) is 0.592. The summed E-state index contributed by atoms with van der Waals surface area (Å²) in [7, 11) is -7.12. The molecular weight excluding hydrogens is 290 g/mol. The number of hydrogen-bond donors (Lipinski definition) is 0. The van der Waals surface area contributed by atoms with Crippen molar-refractivity contribution in [1.82, 2.24) is 4.47 Å². The van der Waals surface area contributed by atoms with Crippen molar-refractivity contribution in [2.75, 3.05) is 31.7 Å². The molecule has 0 bridgehead atoms. The van der Waals surface area contributed by atoms with Crippen molar-refractivity contribution >= 4 is 17.3 Å². The zero-order chi connectivity index (χ0) is 14.0. The van der Waals surface area contributed by atoms with Crippen LogP contribution in [0.15, 0.2) is 0 Å². The molecular formula is C9H17F3NO3PS. The molecule has 1 rings (SSSR count). The Balaban J connectivity index is 2.58. The Bertz CT molecular complexity index is 379. The molecule has 108 valence electrons. The Labute approximate surface area is 106 Å². The van der Waals surface area contributed by atoms with Crippen LogP contribution in [-0.4, -0.2) is 50.1 Å². The van der Waals surface area contributed by atoms with E-state index >= 15 is 0 Å². The fraction of sp³-hybridized carbons (Fsp3) is 1.00. The zero-order valence-corrected chi connectivity index (χ0v) is 11.8. The SMILES string of the molecule is C[P+]1(CCN([O-])S(=O)(=O)C(F)(F)F)CCCCC1. The first kappa shape index (κ1) is 16.1. The molecule has 0 aliphatic carbocycles. The molecule has 1 heterocycles. The van der Waals surface area contributed by atoms with Crippen LogP contribution in [-0.2, 0) is 10.0 Å². The van der Waals surface area contributed by atoms with Gasteiger partial charge in [0.25, 0.3) is 0 Å². The zero-order valence-electron chi connectivity index (χ0n) is 10.1. The third-order valence-electron chi connectivity index (χ3n) is 3.28. The molecule has 0 saturated carbocycles. The highest BCUT2D eigenvalue weighted by molar-refractivity contribution is 7.90. The van der Waals surface area contributed by atoms with E-state index in [1.165, 1.54) is 0 Å². The highest BCUT2D eigenvalue weighted by atomic mass is 32.2. The highest BCUT2D eigenvalue weighted by Crippen LogP contribution is 2.58. The van der Waals surface area contributed by atoms with E-state index in [0.717, 1.165) is 31.6 Å². The number of alkyl halides is 3. The summed E-state index contributed by atoms with van der Waals surface area (Å²) in [6.07, 6.45) is 5.31. The first-order chi connectivity index (χ1) is 8.08. The molecule has 1 saturated heterocycles. The Morgan fingerprint density at radius 1 is 1.22 bits per heavy atom. The van der Waals surface area contributed by atoms with Gasteiger partial charge in [-0.05, 0) is 19.3 Å². The van der Waals surface area contributed by atoms with E-state index in [4.69, 9.17) is 0 Å². The molecule has 0 amide bonds. The van der Waals surface area contributed by atoms with Gasteiger partial charge in [-0.15, -0.1) is 0 Å². The minimum absolute atomic E-state index is 0.284. The lowest BCUT2D eigenvalue weighted by molar-refractivity contribution is -0.0476. The number of hydrogen-bond acceptors (Lipinski definition) is 3. The summed E-state index contributed by atoms with van der Waals surface area (Å²) >= 11 is 0. The molecule has 0 N–H and O–H groups in total. The molecule has 0 spiro atoms. The van der Waals surface area contributed by atoms with Crippen molar-refractivity contribution in [3.8, 4) is 0 Å². The average Bonchev–Trinajstić information content (AvgIpc) is 2.25. The number of rotatable bonds is 4. The first-order valence-corrected chi connectivity index (χ1v) is 9.91. The van der Waals surface area contributed by atoms with E-state index < -0.39 is 33.8 Å². The van der Waals surface area contributed by atoms with Crippen LogP contribution in [0, 0.1) is 5.21 Å². The molecule has 0 atom stereocenters. The Kier molecular flexibility index (Phi) is 5.03. The van der Waals surface area contributed by atoms with Crippen LogP contribution in [0.1, 0.15) is 19.3 Å². The summed E-state index contributed by atoms with van der Waals surface area (Å²) in [5, 5.41) is 11.1. The summed E-state index contributed by atoms with van der Waals surface area (Å²) in [5.41, 5.74) is -5.50. The molecule has 0 aromatic rings. The van der Waals surface area contributed by atoms with Crippen molar-refractivity contribution in [2.24, 2.45) is 0 Å². The second-order valence-corrected chi connectivity index (χ2v) is 11.2. The summed E-state index contributed by atoms with van der Waals surface area (Å²) < 4.78 is 57.2. The lowest BCUT2D eigenvalue weighted by Crippen LogP contribution is -2.39. The molecule has 0 aromatic carbocycles. The maximum atomic E-state index is 12.1. The monoisotopic (exact) mass is 307 g/mol.